The van der Waals surface area contributed by atoms with E-state index in [4.69, 9.17) is 9.72 Å². The number of aryl methyl sites for hydroxylation is 1. The number of rotatable bonds is 10. The lowest BCUT2D eigenvalue weighted by Gasteiger charge is -2.16. The van der Waals surface area contributed by atoms with Crippen LogP contribution in [0.4, 0.5) is 0 Å². The van der Waals surface area contributed by atoms with Crippen LogP contribution in [0, 0.1) is 0 Å². The van der Waals surface area contributed by atoms with E-state index in [0.717, 1.165) is 41.8 Å². The van der Waals surface area contributed by atoms with Gasteiger partial charge >= 0.3 is 0 Å². The lowest BCUT2D eigenvalue weighted by Crippen LogP contribution is -2.02. The molecule has 0 fully saturated rings. The van der Waals surface area contributed by atoms with Crippen molar-refractivity contribution in [1.82, 2.24) is 15.0 Å². The van der Waals surface area contributed by atoms with Crippen molar-refractivity contribution in [2.24, 2.45) is 0 Å². The Hall–Kier alpha value is -2.79. The zero-order valence-electron chi connectivity index (χ0n) is 17.2. The van der Waals surface area contributed by atoms with Crippen molar-refractivity contribution in [1.29, 1.82) is 0 Å². The average Bonchev–Trinajstić information content (AvgIpc) is 2.79. The third-order valence-electron chi connectivity index (χ3n) is 5.22. The van der Waals surface area contributed by atoms with Crippen LogP contribution in [0.2, 0.25) is 0 Å². The number of hydrogen-bond acceptors (Lipinski definition) is 5. The summed E-state index contributed by atoms with van der Waals surface area (Å²) in [6, 6.07) is 9.91. The minimum Gasteiger partial charge on any atom is -0.496 e. The Labute approximate surface area is 172 Å². The molecule has 152 valence electrons. The normalized spacial score (nSPS) is 12.0. The maximum Gasteiger partial charge on any atom is 0.125 e. The molecule has 0 aliphatic rings. The van der Waals surface area contributed by atoms with Gasteiger partial charge < -0.3 is 9.84 Å². The van der Waals surface area contributed by atoms with Gasteiger partial charge in [0, 0.05) is 29.7 Å². The van der Waals surface area contributed by atoms with Crippen molar-refractivity contribution in [2.75, 3.05) is 7.11 Å². The number of aromatic nitrogens is 3. The maximum atomic E-state index is 9.41. The number of nitrogens with zero attached hydrogens (tertiary/aromatic N) is 3. The second-order valence-corrected chi connectivity index (χ2v) is 7.24. The molecule has 1 unspecified atom stereocenters. The summed E-state index contributed by atoms with van der Waals surface area (Å²) in [5, 5.41) is 9.41. The van der Waals surface area contributed by atoms with Gasteiger partial charge in [-0.3, -0.25) is 9.97 Å². The minimum atomic E-state index is -0.0506. The molecule has 0 aliphatic carbocycles. The first-order valence-electron chi connectivity index (χ1n) is 10.2. The molecular formula is C24H29N3O2. The largest absolute Gasteiger partial charge is 0.496 e. The van der Waals surface area contributed by atoms with E-state index in [2.05, 4.69) is 23.0 Å². The van der Waals surface area contributed by atoms with Gasteiger partial charge in [-0.1, -0.05) is 31.5 Å². The number of benzene rings is 1. The lowest BCUT2D eigenvalue weighted by atomic mass is 9.90. The molecule has 0 amide bonds. The molecule has 0 saturated carbocycles. The zero-order chi connectivity index (χ0) is 20.5. The Morgan fingerprint density at radius 2 is 1.97 bits per heavy atom. The molecule has 1 N–H and O–H groups in total. The Morgan fingerprint density at radius 1 is 1.07 bits per heavy atom. The number of methoxy groups -OCH3 is 1. The summed E-state index contributed by atoms with van der Waals surface area (Å²) < 4.78 is 5.37. The third kappa shape index (κ3) is 5.61. The van der Waals surface area contributed by atoms with Gasteiger partial charge in [-0.15, -0.1) is 0 Å². The standard InChI is InChI=1S/C24H29N3O2/c1-3-6-18(20-8-5-12-25-14-20)7-4-9-22-15-26-16-23(27-22)19-10-11-21(17-28)24(13-19)29-2/h5,8,10-16,18,28H,3-4,6-7,9,17H2,1-2H3. The molecule has 5 nitrogen and oxygen atoms in total. The second-order valence-electron chi connectivity index (χ2n) is 7.24. The van der Waals surface area contributed by atoms with Gasteiger partial charge in [0.15, 0.2) is 0 Å². The van der Waals surface area contributed by atoms with E-state index in [0.29, 0.717) is 11.7 Å². The summed E-state index contributed by atoms with van der Waals surface area (Å²) in [5.41, 5.74) is 4.84. The molecule has 3 aromatic rings. The fraction of sp³-hybridized carbons (Fsp3) is 0.375. The van der Waals surface area contributed by atoms with Crippen LogP contribution in [-0.2, 0) is 13.0 Å². The first kappa shape index (κ1) is 20.9. The van der Waals surface area contributed by atoms with Crippen LogP contribution in [0.3, 0.4) is 0 Å². The van der Waals surface area contributed by atoms with E-state index in [-0.39, 0.29) is 6.61 Å². The summed E-state index contributed by atoms with van der Waals surface area (Å²) in [4.78, 5) is 13.5. The maximum absolute atomic E-state index is 9.41. The predicted molar refractivity (Wildman–Crippen MR) is 115 cm³/mol. The number of hydrogen-bond donors (Lipinski definition) is 1. The topological polar surface area (TPSA) is 68.1 Å². The Kier molecular flexibility index (Phi) is 7.70. The molecule has 5 heteroatoms. The van der Waals surface area contributed by atoms with E-state index in [1.807, 2.05) is 42.9 Å². The fourth-order valence-corrected chi connectivity index (χ4v) is 3.67. The summed E-state index contributed by atoms with van der Waals surface area (Å²) in [6.07, 6.45) is 12.9. The van der Waals surface area contributed by atoms with Crippen molar-refractivity contribution in [3.05, 3.63) is 71.9 Å². The van der Waals surface area contributed by atoms with Crippen LogP contribution in [0.1, 0.15) is 55.3 Å². The SMILES string of the molecule is CCCC(CCCc1cncc(-c2ccc(CO)c(OC)c2)n1)c1cccnc1. The molecule has 1 atom stereocenters. The molecule has 0 spiro atoms. The van der Waals surface area contributed by atoms with Crippen molar-refractivity contribution in [2.45, 2.75) is 51.6 Å². The predicted octanol–water partition coefficient (Wildman–Crippen LogP) is 4.95. The van der Waals surface area contributed by atoms with Crippen molar-refractivity contribution in [3.8, 4) is 17.0 Å². The highest BCUT2D eigenvalue weighted by Gasteiger charge is 2.12. The van der Waals surface area contributed by atoms with Crippen molar-refractivity contribution < 1.29 is 9.84 Å². The van der Waals surface area contributed by atoms with E-state index in [1.165, 1.54) is 18.4 Å². The second kappa shape index (κ2) is 10.7. The van der Waals surface area contributed by atoms with Crippen molar-refractivity contribution >= 4 is 0 Å². The first-order chi connectivity index (χ1) is 14.2. The highest BCUT2D eigenvalue weighted by molar-refractivity contribution is 5.61. The van der Waals surface area contributed by atoms with Crippen LogP contribution in [0.5, 0.6) is 5.75 Å². The summed E-state index contributed by atoms with van der Waals surface area (Å²) in [5.74, 6) is 1.20. The molecule has 0 saturated heterocycles. The molecule has 3 rings (SSSR count). The smallest absolute Gasteiger partial charge is 0.125 e. The summed E-state index contributed by atoms with van der Waals surface area (Å²) >= 11 is 0. The van der Waals surface area contributed by atoms with Gasteiger partial charge in [0.05, 0.1) is 31.3 Å². The Balaban J connectivity index is 1.67. The van der Waals surface area contributed by atoms with Gasteiger partial charge in [-0.2, -0.15) is 0 Å². The highest BCUT2D eigenvalue weighted by Crippen LogP contribution is 2.28. The van der Waals surface area contributed by atoms with Crippen LogP contribution < -0.4 is 4.74 Å². The lowest BCUT2D eigenvalue weighted by molar-refractivity contribution is 0.274. The van der Waals surface area contributed by atoms with Gasteiger partial charge in [-0.05, 0) is 49.3 Å². The Morgan fingerprint density at radius 3 is 2.69 bits per heavy atom. The fourth-order valence-electron chi connectivity index (χ4n) is 3.67. The van der Waals surface area contributed by atoms with E-state index < -0.39 is 0 Å². The van der Waals surface area contributed by atoms with Gasteiger partial charge in [0.2, 0.25) is 0 Å². The van der Waals surface area contributed by atoms with Crippen molar-refractivity contribution in [3.63, 3.8) is 0 Å². The van der Waals surface area contributed by atoms with Crippen LogP contribution in [0.25, 0.3) is 11.3 Å². The summed E-state index contributed by atoms with van der Waals surface area (Å²) in [6.45, 7) is 2.18. The molecule has 0 radical (unpaired) electrons. The van der Waals surface area contributed by atoms with Gasteiger partial charge in [0.25, 0.3) is 0 Å². The summed E-state index contributed by atoms with van der Waals surface area (Å²) in [7, 11) is 1.61. The molecule has 0 bridgehead atoms. The van der Waals surface area contributed by atoms with E-state index in [1.54, 1.807) is 13.3 Å². The molecule has 2 aromatic heterocycles. The number of ether oxygens (including phenoxy) is 1. The number of aliphatic hydroxyl groups excluding tert-OH is 1. The van der Waals surface area contributed by atoms with E-state index >= 15 is 0 Å². The van der Waals surface area contributed by atoms with Crippen LogP contribution >= 0.6 is 0 Å². The number of aliphatic hydroxyl groups is 1. The van der Waals surface area contributed by atoms with E-state index in [9.17, 15) is 5.11 Å². The third-order valence-corrected chi connectivity index (χ3v) is 5.22. The zero-order valence-corrected chi connectivity index (χ0v) is 17.2. The average molecular weight is 392 g/mol. The van der Waals surface area contributed by atoms with Crippen LogP contribution in [0.15, 0.2) is 55.1 Å². The molecule has 0 aliphatic heterocycles. The quantitative estimate of drug-likeness (QED) is 0.530. The van der Waals surface area contributed by atoms with Gasteiger partial charge in [-0.25, -0.2) is 4.98 Å². The minimum absolute atomic E-state index is 0.0506. The number of pyridine rings is 1. The molecule has 29 heavy (non-hydrogen) atoms. The monoisotopic (exact) mass is 391 g/mol. The molecule has 1 aromatic carbocycles. The molecular weight excluding hydrogens is 362 g/mol. The van der Waals surface area contributed by atoms with Crippen LogP contribution in [-0.4, -0.2) is 27.2 Å². The first-order valence-corrected chi connectivity index (χ1v) is 10.2. The Bertz CT molecular complexity index is 900. The van der Waals surface area contributed by atoms with Gasteiger partial charge in [0.1, 0.15) is 5.75 Å². The molecule has 2 heterocycles. The highest BCUT2D eigenvalue weighted by atomic mass is 16.5.